The fourth-order valence-corrected chi connectivity index (χ4v) is 5.37. The lowest BCUT2D eigenvalue weighted by atomic mass is 10.0. The number of aliphatic carboxylic acids is 1. The number of hydrogen-bond donors (Lipinski definition) is 1. The normalized spacial score (nSPS) is 11.1. The third kappa shape index (κ3) is 42.5. The maximum atomic E-state index is 8.89. The number of hydrogen-bond acceptors (Lipinski definition) is 2. The second-order valence-corrected chi connectivity index (χ2v) is 12.1. The van der Waals surface area contributed by atoms with Gasteiger partial charge in [0.25, 0.3) is 0 Å². The first-order valence-corrected chi connectivity index (χ1v) is 17.5. The van der Waals surface area contributed by atoms with Gasteiger partial charge in [0.15, 0.2) is 0 Å². The minimum Gasteiger partial charge on any atom is -0.550 e. The van der Waals surface area contributed by atoms with Gasteiger partial charge in [0.1, 0.15) is 0 Å². The molecule has 0 amide bonds. The van der Waals surface area contributed by atoms with Crippen molar-refractivity contribution in [1.29, 1.82) is 0 Å². The monoisotopic (exact) mass is 540 g/mol. The van der Waals surface area contributed by atoms with Crippen molar-refractivity contribution in [2.75, 3.05) is 20.1 Å². The van der Waals surface area contributed by atoms with Gasteiger partial charge in [0.2, 0.25) is 0 Å². The first-order chi connectivity index (χ1) is 18.5. The van der Waals surface area contributed by atoms with Gasteiger partial charge in [0.05, 0.1) is 20.1 Å². The van der Waals surface area contributed by atoms with E-state index in [1.54, 1.807) is 4.90 Å². The third-order valence-corrected chi connectivity index (χ3v) is 7.91. The second kappa shape index (κ2) is 36.4. The zero-order valence-corrected chi connectivity index (χ0v) is 27.0. The fraction of sp³-hybridized carbons (Fsp3) is 0.971. The van der Waals surface area contributed by atoms with E-state index in [2.05, 4.69) is 20.9 Å². The number of nitrogens with one attached hydrogen (secondary N) is 1. The van der Waals surface area contributed by atoms with Crippen LogP contribution in [0, 0.1) is 0 Å². The molecule has 1 N–H and O–H groups in total. The number of carbonyl (C=O) groups excluding carboxylic acids is 1. The Balaban J connectivity index is 0. The fourth-order valence-electron chi connectivity index (χ4n) is 5.37. The molecule has 0 heterocycles. The molecule has 0 aromatic rings. The number of quaternary nitrogens is 1. The van der Waals surface area contributed by atoms with E-state index in [9.17, 15) is 0 Å². The van der Waals surface area contributed by atoms with Gasteiger partial charge in [0, 0.05) is 5.97 Å². The molecule has 3 nitrogen and oxygen atoms in total. The summed E-state index contributed by atoms with van der Waals surface area (Å²) in [6.45, 7) is 8.38. The van der Waals surface area contributed by atoms with E-state index in [1.165, 1.54) is 193 Å². The van der Waals surface area contributed by atoms with Gasteiger partial charge in [-0.05, 0) is 32.6 Å². The maximum Gasteiger partial charge on any atom is 0.0768 e. The average molecular weight is 540 g/mol. The largest absolute Gasteiger partial charge is 0.550 e. The molecule has 0 spiro atoms. The third-order valence-electron chi connectivity index (χ3n) is 7.91. The van der Waals surface area contributed by atoms with Crippen LogP contribution in [-0.2, 0) is 4.79 Å². The summed E-state index contributed by atoms with van der Waals surface area (Å²) in [5.41, 5.74) is 0. The molecule has 0 atom stereocenters. The van der Waals surface area contributed by atoms with Crippen molar-refractivity contribution in [3.63, 3.8) is 0 Å². The maximum absolute atomic E-state index is 8.89. The molecule has 0 saturated heterocycles. The SMILES string of the molecule is CC(=O)[O-].CCCCCCCCCCCCCCCC[NH+](C)CCCCCCCCCCCCCCCC. The molecule has 0 aliphatic heterocycles. The van der Waals surface area contributed by atoms with Crippen molar-refractivity contribution in [1.82, 2.24) is 0 Å². The van der Waals surface area contributed by atoms with Gasteiger partial charge >= 0.3 is 0 Å². The second-order valence-electron chi connectivity index (χ2n) is 12.1. The Morgan fingerprint density at radius 2 is 0.579 bits per heavy atom. The van der Waals surface area contributed by atoms with Crippen LogP contribution in [0.4, 0.5) is 0 Å². The average Bonchev–Trinajstić information content (AvgIpc) is 2.88. The summed E-state index contributed by atoms with van der Waals surface area (Å²) in [6, 6.07) is 0. The molecule has 0 radical (unpaired) electrons. The molecular weight excluding hydrogens is 466 g/mol. The van der Waals surface area contributed by atoms with Crippen LogP contribution in [0.5, 0.6) is 0 Å². The standard InChI is InChI=1S/C33H69N.C2H4O2/c1-4-6-8-10-12-14-16-18-20-22-24-26-28-30-32-34(3)33-31-29-27-25-23-21-19-17-15-13-11-9-7-5-2;1-2(3)4/h4-33H2,1-3H3;1H3,(H,3,4). The highest BCUT2D eigenvalue weighted by Gasteiger charge is 2.02. The summed E-state index contributed by atoms with van der Waals surface area (Å²) in [5.74, 6) is -1.08. The quantitative estimate of drug-likeness (QED) is 0.0924. The van der Waals surface area contributed by atoms with Crippen molar-refractivity contribution < 1.29 is 14.8 Å². The molecule has 0 rings (SSSR count). The summed E-state index contributed by atoms with van der Waals surface area (Å²) >= 11 is 0. The molecule has 0 aromatic heterocycles. The summed E-state index contributed by atoms with van der Waals surface area (Å²) < 4.78 is 0. The number of rotatable bonds is 30. The summed E-state index contributed by atoms with van der Waals surface area (Å²) in [4.78, 5) is 10.7. The van der Waals surface area contributed by atoms with Crippen LogP contribution in [0.25, 0.3) is 0 Å². The zero-order valence-electron chi connectivity index (χ0n) is 27.0. The van der Waals surface area contributed by atoms with Crippen molar-refractivity contribution in [3.05, 3.63) is 0 Å². The highest BCUT2D eigenvalue weighted by atomic mass is 16.4. The van der Waals surface area contributed by atoms with Crippen LogP contribution in [0.2, 0.25) is 0 Å². The summed E-state index contributed by atoms with van der Waals surface area (Å²) in [6.07, 6.45) is 41.1. The zero-order chi connectivity index (χ0) is 28.4. The molecule has 0 bridgehead atoms. The Kier molecular flexibility index (Phi) is 37.9. The van der Waals surface area contributed by atoms with E-state index in [0.29, 0.717) is 0 Å². The van der Waals surface area contributed by atoms with Crippen molar-refractivity contribution in [2.45, 2.75) is 201 Å². The van der Waals surface area contributed by atoms with Crippen LogP contribution in [0.15, 0.2) is 0 Å². The van der Waals surface area contributed by atoms with E-state index in [1.807, 2.05) is 0 Å². The lowest BCUT2D eigenvalue weighted by Gasteiger charge is -2.13. The summed E-state index contributed by atoms with van der Waals surface area (Å²) in [7, 11) is 2.42. The molecule has 38 heavy (non-hydrogen) atoms. The van der Waals surface area contributed by atoms with Crippen molar-refractivity contribution in [2.24, 2.45) is 0 Å². The Hall–Kier alpha value is -0.570. The van der Waals surface area contributed by atoms with E-state index in [0.717, 1.165) is 6.92 Å². The lowest BCUT2D eigenvalue weighted by molar-refractivity contribution is -0.880. The Morgan fingerprint density at radius 3 is 0.763 bits per heavy atom. The molecule has 0 aliphatic carbocycles. The Bertz CT molecular complexity index is 390. The molecule has 3 heteroatoms. The number of unbranched alkanes of at least 4 members (excludes halogenated alkanes) is 26. The predicted molar refractivity (Wildman–Crippen MR) is 168 cm³/mol. The topological polar surface area (TPSA) is 44.6 Å². The minimum absolute atomic E-state index is 0.972. The van der Waals surface area contributed by atoms with Gasteiger partial charge in [-0.15, -0.1) is 0 Å². The molecule has 0 saturated carbocycles. The highest BCUT2D eigenvalue weighted by molar-refractivity contribution is 5.60. The Labute approximate surface area is 241 Å². The first kappa shape index (κ1) is 39.6. The van der Waals surface area contributed by atoms with Gasteiger partial charge in [-0.1, -0.05) is 168 Å². The molecule has 230 valence electrons. The molecule has 0 aliphatic rings. The van der Waals surface area contributed by atoms with Gasteiger partial charge in [-0.25, -0.2) is 0 Å². The lowest BCUT2D eigenvalue weighted by Crippen LogP contribution is -3.09. The van der Waals surface area contributed by atoms with E-state index in [4.69, 9.17) is 9.90 Å². The molecule has 0 aromatic carbocycles. The van der Waals surface area contributed by atoms with Crippen molar-refractivity contribution in [3.8, 4) is 0 Å². The van der Waals surface area contributed by atoms with Crippen LogP contribution < -0.4 is 10.0 Å². The predicted octanol–water partition coefficient (Wildman–Crippen LogP) is 9.22. The smallest absolute Gasteiger partial charge is 0.0768 e. The molecule has 0 unspecified atom stereocenters. The summed E-state index contributed by atoms with van der Waals surface area (Å²) in [5, 5.41) is 8.89. The van der Waals surface area contributed by atoms with E-state index >= 15 is 0 Å². The van der Waals surface area contributed by atoms with E-state index < -0.39 is 5.97 Å². The Morgan fingerprint density at radius 1 is 0.421 bits per heavy atom. The number of carboxylic acid groups (broad SMARTS) is 1. The van der Waals surface area contributed by atoms with Gasteiger partial charge < -0.3 is 14.8 Å². The van der Waals surface area contributed by atoms with Crippen LogP contribution in [0.1, 0.15) is 201 Å². The van der Waals surface area contributed by atoms with Crippen molar-refractivity contribution >= 4 is 5.97 Å². The molecule has 0 fully saturated rings. The van der Waals surface area contributed by atoms with E-state index in [-0.39, 0.29) is 0 Å². The molecular formula is C35H73NO2. The first-order valence-electron chi connectivity index (χ1n) is 17.5. The van der Waals surface area contributed by atoms with Crippen LogP contribution in [0.3, 0.4) is 0 Å². The minimum atomic E-state index is -1.08. The van der Waals surface area contributed by atoms with Gasteiger partial charge in [-0.3, -0.25) is 0 Å². The van der Waals surface area contributed by atoms with Crippen LogP contribution in [-0.4, -0.2) is 26.1 Å². The highest BCUT2D eigenvalue weighted by Crippen LogP contribution is 2.14. The number of carboxylic acids is 1. The van der Waals surface area contributed by atoms with Gasteiger partial charge in [-0.2, -0.15) is 0 Å². The number of carbonyl (C=O) groups is 1. The van der Waals surface area contributed by atoms with Crippen LogP contribution >= 0.6 is 0 Å².